The van der Waals surface area contributed by atoms with Gasteiger partial charge in [0.15, 0.2) is 0 Å². The molecule has 1 amide bonds. The molecule has 0 aliphatic heterocycles. The summed E-state index contributed by atoms with van der Waals surface area (Å²) in [4.78, 5) is 12.6. The normalized spacial score (nSPS) is 11.5. The van der Waals surface area contributed by atoms with Crippen molar-refractivity contribution in [2.75, 3.05) is 0 Å². The maximum absolute atomic E-state index is 12.6. The van der Waals surface area contributed by atoms with E-state index in [0.717, 1.165) is 22.5 Å². The van der Waals surface area contributed by atoms with Gasteiger partial charge < -0.3 is 5.32 Å². The van der Waals surface area contributed by atoms with Gasteiger partial charge in [0.25, 0.3) is 0 Å². The molecule has 0 saturated heterocycles. The first kappa shape index (κ1) is 16.6. The molecule has 118 valence electrons. The number of amides is 1. The van der Waals surface area contributed by atoms with Crippen LogP contribution in [0.1, 0.15) is 36.4 Å². The molecule has 1 N–H and O–H groups in total. The molecule has 5 heteroatoms. The number of aryl methyl sites for hydroxylation is 2. The van der Waals surface area contributed by atoms with Crippen molar-refractivity contribution < 1.29 is 4.79 Å². The van der Waals surface area contributed by atoms with Gasteiger partial charge in [-0.1, -0.05) is 23.7 Å². The largest absolute Gasteiger partial charge is 0.351 e. The van der Waals surface area contributed by atoms with Gasteiger partial charge in [-0.15, -0.1) is 0 Å². The molecule has 0 atom stereocenters. The molecule has 0 aliphatic rings. The fraction of sp³-hybridized carbons (Fsp3) is 0.412. The monoisotopic (exact) mass is 319 g/mol. The molecule has 0 radical (unpaired) electrons. The number of hydrogen-bond donors (Lipinski definition) is 1. The van der Waals surface area contributed by atoms with E-state index in [1.807, 2.05) is 57.6 Å². The van der Waals surface area contributed by atoms with Crippen LogP contribution < -0.4 is 5.32 Å². The minimum atomic E-state index is -0.644. The average molecular weight is 320 g/mol. The summed E-state index contributed by atoms with van der Waals surface area (Å²) in [5, 5.41) is 8.02. The second-order valence-corrected chi connectivity index (χ2v) is 6.53. The van der Waals surface area contributed by atoms with Gasteiger partial charge in [0.05, 0.1) is 11.1 Å². The quantitative estimate of drug-likeness (QED) is 0.940. The van der Waals surface area contributed by atoms with E-state index < -0.39 is 5.41 Å². The molecule has 1 aromatic carbocycles. The van der Waals surface area contributed by atoms with Crippen LogP contribution in [0.5, 0.6) is 0 Å². The summed E-state index contributed by atoms with van der Waals surface area (Å²) >= 11 is 6.03. The number of benzene rings is 1. The fourth-order valence-electron chi connectivity index (χ4n) is 2.47. The lowest BCUT2D eigenvalue weighted by Crippen LogP contribution is -2.39. The lowest BCUT2D eigenvalue weighted by molar-refractivity contribution is -0.125. The van der Waals surface area contributed by atoms with Crippen LogP contribution in [-0.4, -0.2) is 15.7 Å². The molecule has 2 rings (SSSR count). The van der Waals surface area contributed by atoms with E-state index in [0.29, 0.717) is 11.6 Å². The van der Waals surface area contributed by atoms with Crippen molar-refractivity contribution in [1.29, 1.82) is 0 Å². The third-order valence-electron chi connectivity index (χ3n) is 4.20. The smallest absolute Gasteiger partial charge is 0.230 e. The van der Waals surface area contributed by atoms with Crippen molar-refractivity contribution in [2.45, 2.75) is 39.7 Å². The lowest BCUT2D eigenvalue weighted by Gasteiger charge is -2.24. The molecule has 0 spiro atoms. The van der Waals surface area contributed by atoms with E-state index in [-0.39, 0.29) is 5.91 Å². The van der Waals surface area contributed by atoms with E-state index in [9.17, 15) is 4.79 Å². The third kappa shape index (κ3) is 3.17. The third-order valence-corrected chi connectivity index (χ3v) is 4.43. The van der Waals surface area contributed by atoms with Crippen molar-refractivity contribution in [3.63, 3.8) is 0 Å². The first-order chi connectivity index (χ1) is 10.2. The summed E-state index contributed by atoms with van der Waals surface area (Å²) in [6, 6.07) is 7.43. The molecular weight excluding hydrogens is 298 g/mol. The van der Waals surface area contributed by atoms with E-state index >= 15 is 0 Å². The molecule has 0 unspecified atom stereocenters. The summed E-state index contributed by atoms with van der Waals surface area (Å²) in [5.41, 5.74) is 3.34. The van der Waals surface area contributed by atoms with Crippen LogP contribution >= 0.6 is 11.6 Å². The van der Waals surface area contributed by atoms with Gasteiger partial charge in [-0.25, -0.2) is 0 Å². The number of carbonyl (C=O) groups excluding carboxylic acids is 1. The summed E-state index contributed by atoms with van der Waals surface area (Å²) < 4.78 is 1.83. The standard InChI is InChI=1S/C17H22ClN3O/c1-11-15(12(2)21(5)20-11)10-19-16(22)17(3,4)13-7-6-8-14(18)9-13/h6-9H,10H2,1-5H3,(H,19,22). The Morgan fingerprint density at radius 3 is 2.59 bits per heavy atom. The maximum atomic E-state index is 12.6. The summed E-state index contributed by atoms with van der Waals surface area (Å²) in [5.74, 6) is -0.0302. The van der Waals surface area contributed by atoms with Gasteiger partial charge >= 0.3 is 0 Å². The average Bonchev–Trinajstić information content (AvgIpc) is 2.69. The van der Waals surface area contributed by atoms with Gasteiger partial charge in [-0.3, -0.25) is 9.48 Å². The van der Waals surface area contributed by atoms with Crippen LogP contribution in [0.4, 0.5) is 0 Å². The Kier molecular flexibility index (Phi) is 4.61. The predicted molar refractivity (Wildman–Crippen MR) is 89.0 cm³/mol. The zero-order valence-corrected chi connectivity index (χ0v) is 14.5. The zero-order valence-electron chi connectivity index (χ0n) is 13.7. The number of aromatic nitrogens is 2. The SMILES string of the molecule is Cc1nn(C)c(C)c1CNC(=O)C(C)(C)c1cccc(Cl)c1. The Hall–Kier alpha value is -1.81. The van der Waals surface area contributed by atoms with E-state index in [1.54, 1.807) is 6.07 Å². The molecule has 1 aromatic heterocycles. The number of hydrogen-bond acceptors (Lipinski definition) is 2. The Bertz CT molecular complexity index is 704. The number of nitrogens with one attached hydrogen (secondary N) is 1. The van der Waals surface area contributed by atoms with Crippen molar-refractivity contribution in [2.24, 2.45) is 7.05 Å². The Labute approximate surface area is 136 Å². The topological polar surface area (TPSA) is 46.9 Å². The summed E-state index contributed by atoms with van der Waals surface area (Å²) in [7, 11) is 1.91. The highest BCUT2D eigenvalue weighted by Crippen LogP contribution is 2.26. The second kappa shape index (κ2) is 6.13. The van der Waals surface area contributed by atoms with Crippen LogP contribution in [0.2, 0.25) is 5.02 Å². The molecule has 0 aliphatic carbocycles. The lowest BCUT2D eigenvalue weighted by atomic mass is 9.83. The van der Waals surface area contributed by atoms with Gasteiger partial charge in [0.1, 0.15) is 0 Å². The van der Waals surface area contributed by atoms with Gasteiger partial charge in [0, 0.05) is 29.9 Å². The molecule has 0 saturated carbocycles. The number of nitrogens with zero attached hydrogens (tertiary/aromatic N) is 2. The Morgan fingerprint density at radius 1 is 1.36 bits per heavy atom. The highest BCUT2D eigenvalue weighted by atomic mass is 35.5. The van der Waals surface area contributed by atoms with E-state index in [1.165, 1.54) is 0 Å². The van der Waals surface area contributed by atoms with E-state index in [4.69, 9.17) is 11.6 Å². The summed E-state index contributed by atoms with van der Waals surface area (Å²) in [6.07, 6.45) is 0. The van der Waals surface area contributed by atoms with Crippen molar-refractivity contribution >= 4 is 17.5 Å². The molecule has 2 aromatic rings. The number of carbonyl (C=O) groups is 1. The van der Waals surface area contributed by atoms with Gasteiger partial charge in [-0.2, -0.15) is 5.10 Å². The van der Waals surface area contributed by atoms with Crippen molar-refractivity contribution in [3.05, 3.63) is 51.8 Å². The van der Waals surface area contributed by atoms with Crippen LogP contribution in [-0.2, 0) is 23.8 Å². The highest BCUT2D eigenvalue weighted by molar-refractivity contribution is 6.30. The molecule has 1 heterocycles. The highest BCUT2D eigenvalue weighted by Gasteiger charge is 2.30. The zero-order chi connectivity index (χ0) is 16.5. The fourth-order valence-corrected chi connectivity index (χ4v) is 2.66. The first-order valence-corrected chi connectivity index (χ1v) is 7.64. The van der Waals surface area contributed by atoms with Gasteiger partial charge in [0.2, 0.25) is 5.91 Å². The van der Waals surface area contributed by atoms with Crippen molar-refractivity contribution in [1.82, 2.24) is 15.1 Å². The van der Waals surface area contributed by atoms with E-state index in [2.05, 4.69) is 10.4 Å². The van der Waals surface area contributed by atoms with Crippen LogP contribution in [0.3, 0.4) is 0 Å². The minimum Gasteiger partial charge on any atom is -0.351 e. The maximum Gasteiger partial charge on any atom is 0.230 e. The molecular formula is C17H22ClN3O. The molecule has 0 bridgehead atoms. The number of halogens is 1. The molecule has 0 fully saturated rings. The van der Waals surface area contributed by atoms with Crippen LogP contribution in [0, 0.1) is 13.8 Å². The van der Waals surface area contributed by atoms with Crippen molar-refractivity contribution in [3.8, 4) is 0 Å². The Balaban J connectivity index is 2.14. The van der Waals surface area contributed by atoms with Crippen LogP contribution in [0.15, 0.2) is 24.3 Å². The second-order valence-electron chi connectivity index (χ2n) is 6.09. The molecule has 4 nitrogen and oxygen atoms in total. The van der Waals surface area contributed by atoms with Crippen LogP contribution in [0.25, 0.3) is 0 Å². The first-order valence-electron chi connectivity index (χ1n) is 7.27. The minimum absolute atomic E-state index is 0.0302. The Morgan fingerprint density at radius 2 is 2.05 bits per heavy atom. The summed E-state index contributed by atoms with van der Waals surface area (Å²) in [6.45, 7) is 8.24. The van der Waals surface area contributed by atoms with Gasteiger partial charge in [-0.05, 0) is 45.4 Å². The number of rotatable bonds is 4. The predicted octanol–water partition coefficient (Wildman–Crippen LogP) is 3.28. The molecule has 22 heavy (non-hydrogen) atoms.